The second kappa shape index (κ2) is 10.2. The number of carbonyl (C=O) groups is 2. The minimum atomic E-state index is 0.0920. The molecule has 1 aliphatic rings. The van der Waals surface area contributed by atoms with E-state index in [1.165, 1.54) is 10.5 Å². The van der Waals surface area contributed by atoms with E-state index in [0.29, 0.717) is 19.0 Å². The molecule has 1 fully saturated rings. The van der Waals surface area contributed by atoms with Gasteiger partial charge in [-0.05, 0) is 43.2 Å². The molecule has 1 heterocycles. The van der Waals surface area contributed by atoms with E-state index < -0.39 is 0 Å². The Balaban J connectivity index is 1.43. The molecule has 0 aromatic heterocycles. The highest BCUT2D eigenvalue weighted by atomic mass is 16.2. The summed E-state index contributed by atoms with van der Waals surface area (Å²) in [6.45, 7) is 8.70. The first kappa shape index (κ1) is 21.1. The van der Waals surface area contributed by atoms with Crippen LogP contribution >= 0.6 is 0 Å². The van der Waals surface area contributed by atoms with Crippen molar-refractivity contribution in [3.8, 4) is 0 Å². The SMILES string of the molecule is CC[C@@H](CNC(=O)C[NH+]1CCN(c2ccc(C(C)=O)cc2)CC1)c1ccccc1. The average Bonchev–Trinajstić information content (AvgIpc) is 2.75. The predicted molar refractivity (Wildman–Crippen MR) is 117 cm³/mol. The fourth-order valence-corrected chi connectivity index (χ4v) is 3.91. The van der Waals surface area contributed by atoms with E-state index >= 15 is 0 Å². The van der Waals surface area contributed by atoms with Crippen LogP contribution in [0.5, 0.6) is 0 Å². The van der Waals surface area contributed by atoms with E-state index in [2.05, 4.69) is 41.4 Å². The van der Waals surface area contributed by atoms with Gasteiger partial charge in [-0.2, -0.15) is 0 Å². The van der Waals surface area contributed by atoms with Crippen LogP contribution in [0.2, 0.25) is 0 Å². The summed E-state index contributed by atoms with van der Waals surface area (Å²) in [5.41, 5.74) is 3.18. The maximum atomic E-state index is 12.4. The number of ketones is 1. The van der Waals surface area contributed by atoms with Gasteiger partial charge in [-0.15, -0.1) is 0 Å². The molecule has 5 nitrogen and oxygen atoms in total. The highest BCUT2D eigenvalue weighted by molar-refractivity contribution is 5.94. The number of hydrogen-bond donors (Lipinski definition) is 2. The van der Waals surface area contributed by atoms with E-state index in [1.807, 2.05) is 30.3 Å². The van der Waals surface area contributed by atoms with Crippen molar-refractivity contribution in [3.63, 3.8) is 0 Å². The molecule has 1 amide bonds. The number of benzene rings is 2. The lowest BCUT2D eigenvalue weighted by molar-refractivity contribution is -0.892. The molecule has 0 saturated carbocycles. The van der Waals surface area contributed by atoms with Gasteiger partial charge >= 0.3 is 0 Å². The Morgan fingerprint density at radius 2 is 1.69 bits per heavy atom. The van der Waals surface area contributed by atoms with Crippen molar-refractivity contribution in [1.29, 1.82) is 0 Å². The highest BCUT2D eigenvalue weighted by Gasteiger charge is 2.22. The first-order chi connectivity index (χ1) is 14.1. The van der Waals surface area contributed by atoms with Gasteiger partial charge in [-0.3, -0.25) is 9.59 Å². The third kappa shape index (κ3) is 5.91. The second-order valence-corrected chi connectivity index (χ2v) is 7.84. The molecule has 0 radical (unpaired) electrons. The molecule has 1 aliphatic heterocycles. The summed E-state index contributed by atoms with van der Waals surface area (Å²) in [7, 11) is 0. The zero-order valence-corrected chi connectivity index (χ0v) is 17.5. The van der Waals surface area contributed by atoms with Crippen LogP contribution in [0.15, 0.2) is 54.6 Å². The fraction of sp³-hybridized carbons (Fsp3) is 0.417. The molecule has 0 aliphatic carbocycles. The summed E-state index contributed by atoms with van der Waals surface area (Å²) >= 11 is 0. The Bertz CT molecular complexity index is 797. The number of amides is 1. The Morgan fingerprint density at radius 1 is 1.03 bits per heavy atom. The monoisotopic (exact) mass is 394 g/mol. The molecule has 0 bridgehead atoms. The summed E-state index contributed by atoms with van der Waals surface area (Å²) < 4.78 is 0. The fourth-order valence-electron chi connectivity index (χ4n) is 3.91. The smallest absolute Gasteiger partial charge is 0.275 e. The first-order valence-corrected chi connectivity index (χ1v) is 10.6. The molecule has 0 spiro atoms. The minimum Gasteiger partial charge on any atom is -0.360 e. The average molecular weight is 395 g/mol. The van der Waals surface area contributed by atoms with Gasteiger partial charge in [0.25, 0.3) is 5.91 Å². The first-order valence-electron chi connectivity index (χ1n) is 10.6. The molecule has 3 rings (SSSR count). The van der Waals surface area contributed by atoms with Gasteiger partial charge in [0.1, 0.15) is 0 Å². The van der Waals surface area contributed by atoms with Crippen molar-refractivity contribution in [3.05, 3.63) is 65.7 Å². The van der Waals surface area contributed by atoms with Crippen molar-refractivity contribution in [2.24, 2.45) is 0 Å². The molecular formula is C24H32N3O2+. The third-order valence-corrected chi connectivity index (χ3v) is 5.83. The van der Waals surface area contributed by atoms with Crippen molar-refractivity contribution < 1.29 is 14.5 Å². The molecule has 5 heteroatoms. The molecule has 2 N–H and O–H groups in total. The zero-order chi connectivity index (χ0) is 20.6. The van der Waals surface area contributed by atoms with Crippen molar-refractivity contribution in [2.45, 2.75) is 26.2 Å². The quantitative estimate of drug-likeness (QED) is 0.673. The van der Waals surface area contributed by atoms with Crippen LogP contribution in [0.3, 0.4) is 0 Å². The number of nitrogens with zero attached hydrogens (tertiary/aromatic N) is 1. The predicted octanol–water partition coefficient (Wildman–Crippen LogP) is 1.90. The summed E-state index contributed by atoms with van der Waals surface area (Å²) in [4.78, 5) is 27.5. The van der Waals surface area contributed by atoms with Crippen molar-refractivity contribution >= 4 is 17.4 Å². The molecule has 2 aromatic rings. The summed E-state index contributed by atoms with van der Waals surface area (Å²) in [5, 5.41) is 3.13. The summed E-state index contributed by atoms with van der Waals surface area (Å²) in [5.74, 6) is 0.591. The number of piperazine rings is 1. The van der Waals surface area contributed by atoms with Crippen LogP contribution in [-0.4, -0.2) is 51.0 Å². The van der Waals surface area contributed by atoms with E-state index in [-0.39, 0.29) is 11.7 Å². The lowest BCUT2D eigenvalue weighted by Gasteiger charge is -2.33. The Labute approximate surface area is 173 Å². The maximum Gasteiger partial charge on any atom is 0.275 e. The number of hydrogen-bond acceptors (Lipinski definition) is 3. The van der Waals surface area contributed by atoms with Crippen LogP contribution < -0.4 is 15.1 Å². The number of rotatable bonds is 8. The zero-order valence-electron chi connectivity index (χ0n) is 17.5. The molecule has 29 heavy (non-hydrogen) atoms. The number of carbonyl (C=O) groups excluding carboxylic acids is 2. The third-order valence-electron chi connectivity index (χ3n) is 5.83. The minimum absolute atomic E-state index is 0.0920. The van der Waals surface area contributed by atoms with Gasteiger partial charge in [0.2, 0.25) is 0 Å². The van der Waals surface area contributed by atoms with Crippen LogP contribution in [0.1, 0.15) is 42.1 Å². The van der Waals surface area contributed by atoms with E-state index in [1.54, 1.807) is 6.92 Å². The topological polar surface area (TPSA) is 53.9 Å². The van der Waals surface area contributed by atoms with Gasteiger partial charge < -0.3 is 15.1 Å². The molecule has 2 aromatic carbocycles. The molecule has 1 saturated heterocycles. The lowest BCUT2D eigenvalue weighted by Crippen LogP contribution is -3.16. The summed E-state index contributed by atoms with van der Waals surface area (Å²) in [6, 6.07) is 18.2. The number of nitrogens with one attached hydrogen (secondary N) is 2. The second-order valence-electron chi connectivity index (χ2n) is 7.84. The molecule has 154 valence electrons. The van der Waals surface area contributed by atoms with Gasteiger partial charge in [0.15, 0.2) is 12.3 Å². The molecule has 1 atom stereocenters. The maximum absolute atomic E-state index is 12.4. The van der Waals surface area contributed by atoms with Crippen LogP contribution in [0.25, 0.3) is 0 Å². The number of Topliss-reactive ketones (excluding diaryl/α,β-unsaturated/α-hetero) is 1. The van der Waals surface area contributed by atoms with Crippen LogP contribution in [0.4, 0.5) is 5.69 Å². The molecule has 0 unspecified atom stereocenters. The van der Waals surface area contributed by atoms with Gasteiger partial charge in [-0.25, -0.2) is 0 Å². The number of anilines is 1. The molecular weight excluding hydrogens is 362 g/mol. The highest BCUT2D eigenvalue weighted by Crippen LogP contribution is 2.18. The van der Waals surface area contributed by atoms with E-state index in [4.69, 9.17) is 0 Å². The number of quaternary nitrogens is 1. The van der Waals surface area contributed by atoms with Gasteiger partial charge in [0.05, 0.1) is 26.2 Å². The van der Waals surface area contributed by atoms with Gasteiger partial charge in [0, 0.05) is 23.7 Å². The van der Waals surface area contributed by atoms with E-state index in [0.717, 1.165) is 43.9 Å². The van der Waals surface area contributed by atoms with Gasteiger partial charge in [-0.1, -0.05) is 37.3 Å². The Morgan fingerprint density at radius 3 is 2.28 bits per heavy atom. The standard InChI is InChI=1S/C24H31N3O2/c1-3-20(22-7-5-4-6-8-22)17-25-24(29)18-26-13-15-27(16-14-26)23-11-9-21(10-12-23)19(2)28/h4-12,20H,3,13-18H2,1-2H3,(H,25,29)/p+1/t20-/m0/s1. The van der Waals surface area contributed by atoms with Crippen molar-refractivity contribution in [2.75, 3.05) is 44.2 Å². The normalized spacial score (nSPS) is 15.7. The van der Waals surface area contributed by atoms with Crippen molar-refractivity contribution in [1.82, 2.24) is 5.32 Å². The Hall–Kier alpha value is -2.66. The van der Waals surface area contributed by atoms with Crippen LogP contribution in [-0.2, 0) is 4.79 Å². The Kier molecular flexibility index (Phi) is 7.42. The van der Waals surface area contributed by atoms with Crippen LogP contribution in [0, 0.1) is 0 Å². The van der Waals surface area contributed by atoms with E-state index in [9.17, 15) is 9.59 Å². The largest absolute Gasteiger partial charge is 0.360 e. The lowest BCUT2D eigenvalue weighted by atomic mass is 9.96. The summed E-state index contributed by atoms with van der Waals surface area (Å²) in [6.07, 6.45) is 1.01.